The monoisotopic (exact) mass is 272 g/mol. The standard InChI is InChI=1S/C17H24N2O/c1-2-18-16-7-5-13(6-8-16)17(20)19-11-15-10-12-3-4-14(15)9-12/h5-8,12,14-15,18H,2-4,9-11H2,1H3,(H,19,20). The third kappa shape index (κ3) is 2.82. The van der Waals surface area contributed by atoms with Crippen molar-refractivity contribution in [3.8, 4) is 0 Å². The number of anilines is 1. The number of amides is 1. The lowest BCUT2D eigenvalue weighted by Gasteiger charge is -2.21. The molecule has 2 fully saturated rings. The molecule has 0 radical (unpaired) electrons. The highest BCUT2D eigenvalue weighted by atomic mass is 16.1. The number of rotatable bonds is 5. The van der Waals surface area contributed by atoms with Gasteiger partial charge in [-0.15, -0.1) is 0 Å². The van der Waals surface area contributed by atoms with Crippen LogP contribution in [0.3, 0.4) is 0 Å². The summed E-state index contributed by atoms with van der Waals surface area (Å²) in [6, 6.07) is 7.73. The zero-order chi connectivity index (χ0) is 13.9. The molecule has 3 nitrogen and oxygen atoms in total. The number of fused-ring (bicyclic) bond motifs is 2. The number of carbonyl (C=O) groups excluding carboxylic acids is 1. The quantitative estimate of drug-likeness (QED) is 0.863. The lowest BCUT2D eigenvalue weighted by atomic mass is 9.89. The summed E-state index contributed by atoms with van der Waals surface area (Å²) < 4.78 is 0. The van der Waals surface area contributed by atoms with Gasteiger partial charge in [0.25, 0.3) is 5.91 Å². The predicted molar refractivity (Wildman–Crippen MR) is 81.9 cm³/mol. The van der Waals surface area contributed by atoms with Crippen molar-refractivity contribution >= 4 is 11.6 Å². The van der Waals surface area contributed by atoms with Gasteiger partial charge in [-0.1, -0.05) is 6.42 Å². The molecule has 1 aromatic rings. The average Bonchev–Trinajstić information content (AvgIpc) is 3.08. The maximum Gasteiger partial charge on any atom is 0.251 e. The van der Waals surface area contributed by atoms with Crippen molar-refractivity contribution in [2.45, 2.75) is 32.6 Å². The molecule has 0 aliphatic heterocycles. The van der Waals surface area contributed by atoms with E-state index in [4.69, 9.17) is 0 Å². The van der Waals surface area contributed by atoms with E-state index in [2.05, 4.69) is 17.6 Å². The van der Waals surface area contributed by atoms with Gasteiger partial charge >= 0.3 is 0 Å². The van der Waals surface area contributed by atoms with E-state index >= 15 is 0 Å². The summed E-state index contributed by atoms with van der Waals surface area (Å²) in [7, 11) is 0. The van der Waals surface area contributed by atoms with E-state index in [1.54, 1.807) is 0 Å². The topological polar surface area (TPSA) is 41.1 Å². The fraction of sp³-hybridized carbons (Fsp3) is 0.588. The number of benzene rings is 1. The molecule has 2 bridgehead atoms. The van der Waals surface area contributed by atoms with Crippen LogP contribution < -0.4 is 10.6 Å². The van der Waals surface area contributed by atoms with Crippen LogP contribution in [-0.4, -0.2) is 19.0 Å². The molecule has 3 atom stereocenters. The number of carbonyl (C=O) groups is 1. The van der Waals surface area contributed by atoms with Gasteiger partial charge < -0.3 is 10.6 Å². The zero-order valence-electron chi connectivity index (χ0n) is 12.2. The largest absolute Gasteiger partial charge is 0.385 e. The Morgan fingerprint density at radius 2 is 2.00 bits per heavy atom. The molecular weight excluding hydrogens is 248 g/mol. The Balaban J connectivity index is 1.51. The first-order valence-corrected chi connectivity index (χ1v) is 7.88. The van der Waals surface area contributed by atoms with Gasteiger partial charge in [0.05, 0.1) is 0 Å². The highest BCUT2D eigenvalue weighted by molar-refractivity contribution is 5.94. The zero-order valence-corrected chi connectivity index (χ0v) is 12.2. The predicted octanol–water partition coefficient (Wildman–Crippen LogP) is 3.28. The molecule has 3 unspecified atom stereocenters. The van der Waals surface area contributed by atoms with Gasteiger partial charge in [-0.2, -0.15) is 0 Å². The van der Waals surface area contributed by atoms with E-state index in [-0.39, 0.29) is 5.91 Å². The van der Waals surface area contributed by atoms with Crippen molar-refractivity contribution in [2.24, 2.45) is 17.8 Å². The van der Waals surface area contributed by atoms with Crippen LogP contribution in [0.15, 0.2) is 24.3 Å². The van der Waals surface area contributed by atoms with Crippen LogP contribution in [-0.2, 0) is 0 Å². The molecule has 1 amide bonds. The van der Waals surface area contributed by atoms with Gasteiger partial charge in [-0.05, 0) is 68.2 Å². The molecule has 2 N–H and O–H groups in total. The van der Waals surface area contributed by atoms with E-state index in [0.29, 0.717) is 0 Å². The van der Waals surface area contributed by atoms with Crippen molar-refractivity contribution < 1.29 is 4.79 Å². The Labute approximate surface area is 121 Å². The lowest BCUT2D eigenvalue weighted by molar-refractivity contribution is 0.0942. The summed E-state index contributed by atoms with van der Waals surface area (Å²) in [5, 5.41) is 6.35. The minimum Gasteiger partial charge on any atom is -0.385 e. The normalized spacial score (nSPS) is 27.6. The molecule has 2 aliphatic carbocycles. The van der Waals surface area contributed by atoms with E-state index in [1.807, 2.05) is 24.3 Å². The molecule has 0 spiro atoms. The molecule has 108 valence electrons. The lowest BCUT2D eigenvalue weighted by Crippen LogP contribution is -2.31. The van der Waals surface area contributed by atoms with Crippen LogP contribution in [0.2, 0.25) is 0 Å². The maximum absolute atomic E-state index is 12.1. The van der Waals surface area contributed by atoms with E-state index in [0.717, 1.165) is 42.1 Å². The summed E-state index contributed by atoms with van der Waals surface area (Å²) in [6.07, 6.45) is 5.52. The average molecular weight is 272 g/mol. The molecule has 2 aliphatic rings. The van der Waals surface area contributed by atoms with Gasteiger partial charge in [-0.25, -0.2) is 0 Å². The summed E-state index contributed by atoms with van der Waals surface area (Å²) in [5.41, 5.74) is 1.83. The molecule has 3 heteroatoms. The van der Waals surface area contributed by atoms with Crippen LogP contribution in [0.1, 0.15) is 43.0 Å². The minimum absolute atomic E-state index is 0.0656. The highest BCUT2D eigenvalue weighted by Crippen LogP contribution is 2.47. The third-order valence-corrected chi connectivity index (χ3v) is 4.94. The van der Waals surface area contributed by atoms with Crippen molar-refractivity contribution in [3.05, 3.63) is 29.8 Å². The van der Waals surface area contributed by atoms with Crippen LogP contribution in [0.4, 0.5) is 5.69 Å². The maximum atomic E-state index is 12.1. The Kier molecular flexibility index (Phi) is 3.95. The first kappa shape index (κ1) is 13.5. The summed E-state index contributed by atoms with van der Waals surface area (Å²) in [5.74, 6) is 2.60. The smallest absolute Gasteiger partial charge is 0.251 e. The molecule has 0 aromatic heterocycles. The number of nitrogens with one attached hydrogen (secondary N) is 2. The Morgan fingerprint density at radius 1 is 1.20 bits per heavy atom. The van der Waals surface area contributed by atoms with Crippen molar-refractivity contribution in [1.82, 2.24) is 5.32 Å². The summed E-state index contributed by atoms with van der Waals surface area (Å²) in [4.78, 5) is 12.1. The molecular formula is C17H24N2O. The van der Waals surface area contributed by atoms with E-state index in [9.17, 15) is 4.79 Å². The van der Waals surface area contributed by atoms with Crippen LogP contribution in [0.25, 0.3) is 0 Å². The second-order valence-electron chi connectivity index (χ2n) is 6.25. The third-order valence-electron chi connectivity index (χ3n) is 4.94. The molecule has 3 rings (SSSR count). The molecule has 2 saturated carbocycles. The highest BCUT2D eigenvalue weighted by Gasteiger charge is 2.39. The van der Waals surface area contributed by atoms with Crippen LogP contribution in [0.5, 0.6) is 0 Å². The van der Waals surface area contributed by atoms with Gasteiger partial charge in [-0.3, -0.25) is 4.79 Å². The second-order valence-corrected chi connectivity index (χ2v) is 6.25. The van der Waals surface area contributed by atoms with Gasteiger partial charge in [0.2, 0.25) is 0 Å². The molecule has 1 aromatic carbocycles. The molecule has 20 heavy (non-hydrogen) atoms. The van der Waals surface area contributed by atoms with Crippen molar-refractivity contribution in [1.29, 1.82) is 0 Å². The Morgan fingerprint density at radius 3 is 2.60 bits per heavy atom. The van der Waals surface area contributed by atoms with Crippen molar-refractivity contribution in [3.63, 3.8) is 0 Å². The minimum atomic E-state index is 0.0656. The first-order valence-electron chi connectivity index (χ1n) is 7.88. The van der Waals surface area contributed by atoms with E-state index < -0.39 is 0 Å². The van der Waals surface area contributed by atoms with E-state index in [1.165, 1.54) is 25.7 Å². The fourth-order valence-corrected chi connectivity index (χ4v) is 3.90. The molecule has 0 saturated heterocycles. The SMILES string of the molecule is CCNc1ccc(C(=O)NCC2CC3CCC2C3)cc1. The Bertz CT molecular complexity index is 468. The first-order chi connectivity index (χ1) is 9.76. The van der Waals surface area contributed by atoms with Gasteiger partial charge in [0.15, 0.2) is 0 Å². The van der Waals surface area contributed by atoms with Crippen molar-refractivity contribution in [2.75, 3.05) is 18.4 Å². The number of hydrogen-bond acceptors (Lipinski definition) is 2. The second kappa shape index (κ2) is 5.86. The van der Waals surface area contributed by atoms with Gasteiger partial charge in [0.1, 0.15) is 0 Å². The Hall–Kier alpha value is -1.51. The fourth-order valence-electron chi connectivity index (χ4n) is 3.90. The van der Waals surface area contributed by atoms with Crippen LogP contribution >= 0.6 is 0 Å². The summed E-state index contributed by atoms with van der Waals surface area (Å²) >= 11 is 0. The molecule has 0 heterocycles. The number of hydrogen-bond donors (Lipinski definition) is 2. The summed E-state index contributed by atoms with van der Waals surface area (Å²) in [6.45, 7) is 3.82. The van der Waals surface area contributed by atoms with Crippen LogP contribution in [0, 0.1) is 17.8 Å². The van der Waals surface area contributed by atoms with Gasteiger partial charge in [0, 0.05) is 24.3 Å².